The number of hydrogen-bond donors (Lipinski definition) is 0. The van der Waals surface area contributed by atoms with Crippen LogP contribution in [0.2, 0.25) is 0 Å². The van der Waals surface area contributed by atoms with Gasteiger partial charge < -0.3 is 14.2 Å². The second-order valence-corrected chi connectivity index (χ2v) is 20.6. The van der Waals surface area contributed by atoms with Gasteiger partial charge in [0, 0.05) is 19.3 Å². The number of carbonyl (C=O) groups is 3. The highest BCUT2D eigenvalue weighted by atomic mass is 16.6. The predicted octanol–water partition coefficient (Wildman–Crippen LogP) is 18.9. The van der Waals surface area contributed by atoms with Crippen LogP contribution in [0.4, 0.5) is 0 Å². The number of hydrogen-bond acceptors (Lipinski definition) is 6. The van der Waals surface area contributed by atoms with Crippen molar-refractivity contribution in [2.45, 2.75) is 330 Å². The summed E-state index contributed by atoms with van der Waals surface area (Å²) < 4.78 is 16.9. The highest BCUT2D eigenvalue weighted by Crippen LogP contribution is 2.18. The van der Waals surface area contributed by atoms with Crippen LogP contribution in [0.15, 0.2) is 0 Å². The SMILES string of the molecule is CCCCCCCCCCCCCCCCCCC(=O)OC[C@H](COC(=O)CCCCCCCCCCCCCCCCCC(C)C)OC(=O)CCCCCCCCCCC(C)CC. The van der Waals surface area contributed by atoms with Crippen LogP contribution in [0.5, 0.6) is 0 Å². The van der Waals surface area contributed by atoms with Gasteiger partial charge in [-0.1, -0.05) is 285 Å². The average molecular weight is 906 g/mol. The second kappa shape index (κ2) is 50.8. The number of esters is 3. The zero-order chi connectivity index (χ0) is 46.8. The number of rotatable bonds is 52. The van der Waals surface area contributed by atoms with E-state index in [9.17, 15) is 14.4 Å². The molecule has 0 N–H and O–H groups in total. The third-order valence-electron chi connectivity index (χ3n) is 13.6. The fraction of sp³-hybridized carbons (Fsp3) is 0.948. The summed E-state index contributed by atoms with van der Waals surface area (Å²) in [4.78, 5) is 38.1. The lowest BCUT2D eigenvalue weighted by atomic mass is 9.99. The highest BCUT2D eigenvalue weighted by Gasteiger charge is 2.19. The molecule has 0 amide bonds. The maximum Gasteiger partial charge on any atom is 0.306 e. The van der Waals surface area contributed by atoms with E-state index in [-0.39, 0.29) is 31.1 Å². The quantitative estimate of drug-likeness (QED) is 0.0344. The van der Waals surface area contributed by atoms with E-state index in [1.54, 1.807) is 0 Å². The van der Waals surface area contributed by atoms with Gasteiger partial charge in [0.05, 0.1) is 0 Å². The van der Waals surface area contributed by atoms with Gasteiger partial charge in [0.1, 0.15) is 13.2 Å². The van der Waals surface area contributed by atoms with Gasteiger partial charge in [-0.05, 0) is 31.1 Å². The van der Waals surface area contributed by atoms with Crippen molar-refractivity contribution in [3.8, 4) is 0 Å². The molecule has 0 saturated heterocycles. The third kappa shape index (κ3) is 49.8. The molecule has 64 heavy (non-hydrogen) atoms. The Morgan fingerprint density at radius 3 is 0.891 bits per heavy atom. The first-order valence-electron chi connectivity index (χ1n) is 28.8. The standard InChI is InChI=1S/C58H112O6/c1-6-8-9-10-11-12-13-14-15-18-21-24-27-33-38-43-48-56(59)62-51-55(64-58(61)50-45-40-35-30-29-32-37-42-47-54(5)7-2)52-63-57(60)49-44-39-34-28-25-22-19-16-17-20-23-26-31-36-41-46-53(3)4/h53-55H,6-52H2,1-5H3/t54?,55-/m1/s1. The lowest BCUT2D eigenvalue weighted by Gasteiger charge is -2.18. The summed E-state index contributed by atoms with van der Waals surface area (Å²) in [7, 11) is 0. The minimum atomic E-state index is -0.763. The summed E-state index contributed by atoms with van der Waals surface area (Å²) in [5, 5.41) is 0. The molecule has 0 aliphatic heterocycles. The van der Waals surface area contributed by atoms with Crippen molar-refractivity contribution < 1.29 is 28.6 Å². The minimum Gasteiger partial charge on any atom is -0.462 e. The molecule has 1 unspecified atom stereocenters. The molecule has 0 bridgehead atoms. The fourth-order valence-electron chi connectivity index (χ4n) is 8.84. The van der Waals surface area contributed by atoms with E-state index in [1.165, 1.54) is 212 Å². The minimum absolute atomic E-state index is 0.0632. The van der Waals surface area contributed by atoms with Crippen molar-refractivity contribution in [3.05, 3.63) is 0 Å². The first kappa shape index (κ1) is 62.4. The van der Waals surface area contributed by atoms with Gasteiger partial charge in [-0.15, -0.1) is 0 Å². The van der Waals surface area contributed by atoms with Crippen LogP contribution < -0.4 is 0 Å². The van der Waals surface area contributed by atoms with Gasteiger partial charge in [0.15, 0.2) is 6.10 Å². The van der Waals surface area contributed by atoms with E-state index in [4.69, 9.17) is 14.2 Å². The predicted molar refractivity (Wildman–Crippen MR) is 275 cm³/mol. The topological polar surface area (TPSA) is 78.9 Å². The number of unbranched alkanes of at least 4 members (excludes halogenated alkanes) is 36. The fourth-order valence-corrected chi connectivity index (χ4v) is 8.84. The number of ether oxygens (including phenoxy) is 3. The molecular weight excluding hydrogens is 793 g/mol. The zero-order valence-corrected chi connectivity index (χ0v) is 43.9. The maximum absolute atomic E-state index is 12.8. The molecule has 0 spiro atoms. The Morgan fingerprint density at radius 2 is 0.594 bits per heavy atom. The van der Waals surface area contributed by atoms with Crippen molar-refractivity contribution in [1.29, 1.82) is 0 Å². The highest BCUT2D eigenvalue weighted by molar-refractivity contribution is 5.71. The van der Waals surface area contributed by atoms with Crippen LogP contribution in [0.3, 0.4) is 0 Å². The second-order valence-electron chi connectivity index (χ2n) is 20.6. The molecule has 0 aromatic heterocycles. The van der Waals surface area contributed by atoms with Gasteiger partial charge in [-0.2, -0.15) is 0 Å². The van der Waals surface area contributed by atoms with Crippen LogP contribution >= 0.6 is 0 Å². The molecule has 0 saturated carbocycles. The molecule has 0 fully saturated rings. The Bertz CT molecular complexity index is 980. The van der Waals surface area contributed by atoms with Crippen LogP contribution in [-0.4, -0.2) is 37.2 Å². The van der Waals surface area contributed by atoms with Gasteiger partial charge in [0.2, 0.25) is 0 Å². The van der Waals surface area contributed by atoms with E-state index in [1.807, 2.05) is 0 Å². The molecule has 0 aliphatic rings. The Balaban J connectivity index is 4.27. The van der Waals surface area contributed by atoms with Gasteiger partial charge >= 0.3 is 17.9 Å². The Kier molecular flexibility index (Phi) is 49.6. The Hall–Kier alpha value is -1.59. The molecule has 0 heterocycles. The van der Waals surface area contributed by atoms with E-state index >= 15 is 0 Å². The summed E-state index contributed by atoms with van der Waals surface area (Å²) in [6, 6.07) is 0. The van der Waals surface area contributed by atoms with Crippen molar-refractivity contribution in [2.75, 3.05) is 13.2 Å². The molecule has 380 valence electrons. The first-order chi connectivity index (χ1) is 31.3. The third-order valence-corrected chi connectivity index (χ3v) is 13.6. The molecule has 0 aromatic rings. The molecular formula is C58H112O6. The molecule has 0 aromatic carbocycles. The maximum atomic E-state index is 12.8. The van der Waals surface area contributed by atoms with Crippen molar-refractivity contribution >= 4 is 17.9 Å². The van der Waals surface area contributed by atoms with Crippen LogP contribution in [0.25, 0.3) is 0 Å². The number of carbonyl (C=O) groups excluding carboxylic acids is 3. The van der Waals surface area contributed by atoms with Crippen molar-refractivity contribution in [3.63, 3.8) is 0 Å². The first-order valence-corrected chi connectivity index (χ1v) is 28.8. The molecule has 0 rings (SSSR count). The summed E-state index contributed by atoms with van der Waals surface area (Å²) in [6.07, 6.45) is 53.7. The summed E-state index contributed by atoms with van der Waals surface area (Å²) in [6.45, 7) is 11.4. The summed E-state index contributed by atoms with van der Waals surface area (Å²) in [5.41, 5.74) is 0. The Morgan fingerprint density at radius 1 is 0.328 bits per heavy atom. The summed E-state index contributed by atoms with van der Waals surface area (Å²) >= 11 is 0. The lowest BCUT2D eigenvalue weighted by Crippen LogP contribution is -2.30. The van der Waals surface area contributed by atoms with E-state index < -0.39 is 6.10 Å². The van der Waals surface area contributed by atoms with Gasteiger partial charge in [0.25, 0.3) is 0 Å². The monoisotopic (exact) mass is 905 g/mol. The average Bonchev–Trinajstić information content (AvgIpc) is 3.28. The van der Waals surface area contributed by atoms with Gasteiger partial charge in [-0.3, -0.25) is 14.4 Å². The van der Waals surface area contributed by atoms with Crippen molar-refractivity contribution in [2.24, 2.45) is 11.8 Å². The van der Waals surface area contributed by atoms with Crippen LogP contribution in [-0.2, 0) is 28.6 Å². The van der Waals surface area contributed by atoms with E-state index in [0.717, 1.165) is 69.6 Å². The molecule has 0 aliphatic carbocycles. The Labute approximate surface area is 399 Å². The lowest BCUT2D eigenvalue weighted by molar-refractivity contribution is -0.167. The normalized spacial score (nSPS) is 12.5. The van der Waals surface area contributed by atoms with Crippen LogP contribution in [0, 0.1) is 11.8 Å². The molecule has 6 nitrogen and oxygen atoms in total. The van der Waals surface area contributed by atoms with Crippen molar-refractivity contribution in [1.82, 2.24) is 0 Å². The van der Waals surface area contributed by atoms with E-state index in [2.05, 4.69) is 34.6 Å². The largest absolute Gasteiger partial charge is 0.462 e. The molecule has 0 radical (unpaired) electrons. The van der Waals surface area contributed by atoms with E-state index in [0.29, 0.717) is 19.3 Å². The summed E-state index contributed by atoms with van der Waals surface area (Å²) in [5.74, 6) is 0.852. The molecule has 6 heteroatoms. The van der Waals surface area contributed by atoms with Gasteiger partial charge in [-0.25, -0.2) is 0 Å². The molecule has 2 atom stereocenters. The zero-order valence-electron chi connectivity index (χ0n) is 43.9. The smallest absolute Gasteiger partial charge is 0.306 e. The van der Waals surface area contributed by atoms with Crippen LogP contribution in [0.1, 0.15) is 324 Å².